The Morgan fingerprint density at radius 3 is 2.71 bits per heavy atom. The van der Waals surface area contributed by atoms with Crippen LogP contribution in [0.2, 0.25) is 10.2 Å². The summed E-state index contributed by atoms with van der Waals surface area (Å²) in [6.45, 7) is 1.93. The summed E-state index contributed by atoms with van der Waals surface area (Å²) in [7, 11) is 0. The van der Waals surface area contributed by atoms with E-state index in [2.05, 4.69) is 4.98 Å². The third kappa shape index (κ3) is 3.83. The van der Waals surface area contributed by atoms with Gasteiger partial charge in [-0.3, -0.25) is 10.1 Å². The zero-order chi connectivity index (χ0) is 15.4. The van der Waals surface area contributed by atoms with Crippen molar-refractivity contribution in [2.45, 2.75) is 20.0 Å². The number of halogens is 2. The highest BCUT2D eigenvalue weighted by atomic mass is 35.5. The first-order valence-corrected chi connectivity index (χ1v) is 6.98. The molecule has 0 fully saturated rings. The maximum absolute atomic E-state index is 11.1. The topological polar surface area (TPSA) is 65.3 Å². The molecule has 0 unspecified atom stereocenters. The van der Waals surface area contributed by atoms with Gasteiger partial charge in [0.1, 0.15) is 11.8 Å². The van der Waals surface area contributed by atoms with Crippen molar-refractivity contribution in [3.8, 4) is 5.75 Å². The molecule has 0 N–H and O–H groups in total. The number of nitro benzene ring substituents is 1. The van der Waals surface area contributed by atoms with Crippen LogP contribution in [0.1, 0.15) is 18.2 Å². The van der Waals surface area contributed by atoms with Crippen LogP contribution in [0.4, 0.5) is 5.69 Å². The molecule has 0 aliphatic heterocycles. The van der Waals surface area contributed by atoms with Crippen molar-refractivity contribution in [1.29, 1.82) is 0 Å². The lowest BCUT2D eigenvalue weighted by Crippen LogP contribution is -2.02. The maximum Gasteiger partial charge on any atom is 0.311 e. The minimum atomic E-state index is -0.471. The number of benzene rings is 1. The number of aryl methyl sites for hydroxylation is 1. The molecule has 0 saturated heterocycles. The molecule has 0 atom stereocenters. The largest absolute Gasteiger partial charge is 0.480 e. The van der Waals surface area contributed by atoms with E-state index in [0.29, 0.717) is 17.1 Å². The molecule has 2 aromatic rings. The van der Waals surface area contributed by atoms with E-state index in [4.69, 9.17) is 27.9 Å². The van der Waals surface area contributed by atoms with Gasteiger partial charge in [-0.05, 0) is 30.2 Å². The standard InChI is InChI=1S/C14H12Cl2N2O3/c1-2-9-3-5-13(12(7-9)18(19)20)21-8-11-10(15)4-6-14(16)17-11/h3-7H,2,8H2,1H3. The first-order valence-electron chi connectivity index (χ1n) is 6.22. The third-order valence-corrected chi connectivity index (χ3v) is 3.43. The molecular formula is C14H12Cl2N2O3. The van der Waals surface area contributed by atoms with Gasteiger partial charge in [0.15, 0.2) is 5.75 Å². The van der Waals surface area contributed by atoms with E-state index in [0.717, 1.165) is 5.56 Å². The lowest BCUT2D eigenvalue weighted by atomic mass is 10.1. The first kappa shape index (κ1) is 15.5. The quantitative estimate of drug-likeness (QED) is 0.463. The van der Waals surface area contributed by atoms with Crippen LogP contribution >= 0.6 is 23.2 Å². The number of ether oxygens (including phenoxy) is 1. The van der Waals surface area contributed by atoms with E-state index < -0.39 is 4.92 Å². The van der Waals surface area contributed by atoms with Crippen molar-refractivity contribution in [2.75, 3.05) is 0 Å². The molecule has 1 aromatic carbocycles. The Hall–Kier alpha value is -1.85. The molecule has 21 heavy (non-hydrogen) atoms. The SMILES string of the molecule is CCc1ccc(OCc2nc(Cl)ccc2Cl)c([N+](=O)[O-])c1. The van der Waals surface area contributed by atoms with Gasteiger partial charge in [-0.25, -0.2) is 4.98 Å². The Balaban J connectivity index is 2.23. The minimum Gasteiger partial charge on any atom is -0.480 e. The van der Waals surface area contributed by atoms with Crippen LogP contribution < -0.4 is 4.74 Å². The van der Waals surface area contributed by atoms with Gasteiger partial charge in [-0.1, -0.05) is 36.2 Å². The zero-order valence-electron chi connectivity index (χ0n) is 11.2. The second-order valence-corrected chi connectivity index (χ2v) is 5.06. The number of hydrogen-bond acceptors (Lipinski definition) is 4. The smallest absolute Gasteiger partial charge is 0.311 e. The molecule has 0 bridgehead atoms. The Morgan fingerprint density at radius 2 is 2.05 bits per heavy atom. The van der Waals surface area contributed by atoms with Crippen LogP contribution in [0.3, 0.4) is 0 Å². The number of rotatable bonds is 5. The van der Waals surface area contributed by atoms with Crippen molar-refractivity contribution in [3.63, 3.8) is 0 Å². The Kier molecular flexibility index (Phi) is 4.98. The molecule has 0 radical (unpaired) electrons. The van der Waals surface area contributed by atoms with Crippen LogP contribution in [0.25, 0.3) is 0 Å². The fourth-order valence-corrected chi connectivity index (χ4v) is 2.08. The predicted octanol–water partition coefficient (Wildman–Crippen LogP) is 4.44. The summed E-state index contributed by atoms with van der Waals surface area (Å²) in [4.78, 5) is 14.6. The second kappa shape index (κ2) is 6.74. The van der Waals surface area contributed by atoms with Gasteiger partial charge in [0.2, 0.25) is 0 Å². The summed E-state index contributed by atoms with van der Waals surface area (Å²) >= 11 is 11.8. The van der Waals surface area contributed by atoms with Gasteiger partial charge in [0.05, 0.1) is 15.6 Å². The zero-order valence-corrected chi connectivity index (χ0v) is 12.7. The van der Waals surface area contributed by atoms with Gasteiger partial charge in [-0.2, -0.15) is 0 Å². The molecule has 1 aromatic heterocycles. The van der Waals surface area contributed by atoms with Crippen LogP contribution in [0, 0.1) is 10.1 Å². The highest BCUT2D eigenvalue weighted by Gasteiger charge is 2.16. The average Bonchev–Trinajstić information content (AvgIpc) is 2.48. The van der Waals surface area contributed by atoms with Gasteiger partial charge in [0, 0.05) is 6.07 Å². The summed E-state index contributed by atoms with van der Waals surface area (Å²) in [6, 6.07) is 8.03. The highest BCUT2D eigenvalue weighted by molar-refractivity contribution is 6.32. The number of nitrogens with zero attached hydrogens (tertiary/aromatic N) is 2. The number of pyridine rings is 1. The van der Waals surface area contributed by atoms with E-state index >= 15 is 0 Å². The summed E-state index contributed by atoms with van der Waals surface area (Å²) in [5, 5.41) is 11.8. The van der Waals surface area contributed by atoms with E-state index in [9.17, 15) is 10.1 Å². The van der Waals surface area contributed by atoms with Crippen molar-refractivity contribution in [1.82, 2.24) is 4.98 Å². The molecule has 5 nitrogen and oxygen atoms in total. The normalized spacial score (nSPS) is 10.4. The van der Waals surface area contributed by atoms with Crippen molar-refractivity contribution < 1.29 is 9.66 Å². The van der Waals surface area contributed by atoms with E-state index in [1.54, 1.807) is 24.3 Å². The first-order chi connectivity index (χ1) is 10.0. The maximum atomic E-state index is 11.1. The van der Waals surface area contributed by atoms with E-state index in [-0.39, 0.29) is 23.2 Å². The van der Waals surface area contributed by atoms with Crippen molar-refractivity contribution in [2.24, 2.45) is 0 Å². The predicted molar refractivity (Wildman–Crippen MR) is 81.1 cm³/mol. The van der Waals surface area contributed by atoms with Crippen LogP contribution in [0.15, 0.2) is 30.3 Å². The molecule has 0 aliphatic rings. The Morgan fingerprint density at radius 1 is 1.29 bits per heavy atom. The molecule has 110 valence electrons. The molecule has 0 spiro atoms. The van der Waals surface area contributed by atoms with Gasteiger partial charge >= 0.3 is 5.69 Å². The lowest BCUT2D eigenvalue weighted by Gasteiger charge is -2.08. The summed E-state index contributed by atoms with van der Waals surface area (Å²) in [5.41, 5.74) is 1.22. The van der Waals surface area contributed by atoms with Gasteiger partial charge < -0.3 is 4.74 Å². The van der Waals surface area contributed by atoms with Gasteiger partial charge in [0.25, 0.3) is 0 Å². The van der Waals surface area contributed by atoms with Crippen molar-refractivity contribution in [3.05, 3.63) is 61.9 Å². The molecule has 0 amide bonds. The second-order valence-electron chi connectivity index (χ2n) is 4.26. The van der Waals surface area contributed by atoms with Gasteiger partial charge in [-0.15, -0.1) is 0 Å². The summed E-state index contributed by atoms with van der Waals surface area (Å²) < 4.78 is 5.47. The van der Waals surface area contributed by atoms with Crippen molar-refractivity contribution >= 4 is 28.9 Å². The molecule has 0 saturated carbocycles. The highest BCUT2D eigenvalue weighted by Crippen LogP contribution is 2.29. The number of nitro groups is 1. The Labute approximate surface area is 131 Å². The summed E-state index contributed by atoms with van der Waals surface area (Å²) in [5.74, 6) is 0.176. The molecule has 0 aliphatic carbocycles. The summed E-state index contributed by atoms with van der Waals surface area (Å²) in [6.07, 6.45) is 0.711. The van der Waals surface area contributed by atoms with E-state index in [1.807, 2.05) is 6.92 Å². The third-order valence-electron chi connectivity index (χ3n) is 2.88. The van der Waals surface area contributed by atoms with Crippen LogP contribution in [0.5, 0.6) is 5.75 Å². The molecule has 2 rings (SSSR count). The average molecular weight is 327 g/mol. The monoisotopic (exact) mass is 326 g/mol. The fraction of sp³-hybridized carbons (Fsp3) is 0.214. The number of hydrogen-bond donors (Lipinski definition) is 0. The molecule has 7 heteroatoms. The lowest BCUT2D eigenvalue weighted by molar-refractivity contribution is -0.386. The van der Waals surface area contributed by atoms with E-state index in [1.165, 1.54) is 6.07 Å². The minimum absolute atomic E-state index is 0.00566. The van der Waals surface area contributed by atoms with Crippen LogP contribution in [-0.4, -0.2) is 9.91 Å². The molecule has 1 heterocycles. The Bertz CT molecular complexity index is 677. The molecular weight excluding hydrogens is 315 g/mol. The fourth-order valence-electron chi connectivity index (χ4n) is 1.75. The van der Waals surface area contributed by atoms with Crippen LogP contribution in [-0.2, 0) is 13.0 Å². The number of aromatic nitrogens is 1.